The van der Waals surface area contributed by atoms with Crippen molar-refractivity contribution in [3.05, 3.63) is 54.1 Å². The van der Waals surface area contributed by atoms with Crippen molar-refractivity contribution in [3.8, 4) is 11.5 Å². The Balaban J connectivity index is 1.36. The number of ether oxygens (including phenoxy) is 5. The van der Waals surface area contributed by atoms with Gasteiger partial charge < -0.3 is 34.1 Å². The topological polar surface area (TPSA) is 150 Å². The molecule has 3 aliphatic rings. The minimum atomic E-state index is -4.10. The molecule has 1 amide bonds. The predicted molar refractivity (Wildman–Crippen MR) is 162 cm³/mol. The zero-order valence-corrected chi connectivity index (χ0v) is 26.4. The van der Waals surface area contributed by atoms with E-state index in [-0.39, 0.29) is 48.6 Å². The van der Waals surface area contributed by atoms with E-state index in [2.05, 4.69) is 5.32 Å². The first-order chi connectivity index (χ1) is 21.7. The molecule has 0 aliphatic carbocycles. The molecule has 0 radical (unpaired) electrons. The molecule has 2 N–H and O–H groups in total. The number of hydrogen-bond donors (Lipinski definition) is 2. The summed E-state index contributed by atoms with van der Waals surface area (Å²) in [6.45, 7) is 0.654. The molecule has 0 aromatic heterocycles. The zero-order chi connectivity index (χ0) is 32.0. The van der Waals surface area contributed by atoms with Gasteiger partial charge in [0.05, 0.1) is 44.9 Å². The van der Waals surface area contributed by atoms with Gasteiger partial charge in [0, 0.05) is 43.8 Å². The van der Waals surface area contributed by atoms with Crippen LogP contribution in [-0.2, 0) is 40.2 Å². The average Bonchev–Trinajstić information content (AvgIpc) is 3.70. The molecule has 0 bridgehead atoms. The number of methoxy groups -OCH3 is 2. The minimum absolute atomic E-state index is 0.0258. The maximum Gasteiger partial charge on any atom is 0.306 e. The summed E-state index contributed by atoms with van der Waals surface area (Å²) in [7, 11) is -1.04. The molecule has 13 heteroatoms. The summed E-state index contributed by atoms with van der Waals surface area (Å²) < 4.78 is 56.7. The van der Waals surface area contributed by atoms with Crippen LogP contribution < -0.4 is 14.8 Å². The van der Waals surface area contributed by atoms with E-state index in [1.807, 2.05) is 12.1 Å². The Labute approximate surface area is 264 Å². The summed E-state index contributed by atoms with van der Waals surface area (Å²) >= 11 is 0. The Morgan fingerprint density at radius 3 is 2.27 bits per heavy atom. The minimum Gasteiger partial charge on any atom is -0.497 e. The van der Waals surface area contributed by atoms with Gasteiger partial charge in [-0.15, -0.1) is 0 Å². The number of sulfonamides is 1. The predicted octanol–water partition coefficient (Wildman–Crippen LogP) is 2.28. The second kappa shape index (κ2) is 14.9. The lowest BCUT2D eigenvalue weighted by atomic mass is 9.90. The van der Waals surface area contributed by atoms with E-state index in [1.165, 1.54) is 23.5 Å². The fraction of sp³-hybridized carbons (Fsp3) is 0.562. The molecule has 2 aromatic carbocycles. The van der Waals surface area contributed by atoms with Gasteiger partial charge in [0.1, 0.15) is 17.6 Å². The largest absolute Gasteiger partial charge is 0.497 e. The summed E-state index contributed by atoms with van der Waals surface area (Å²) in [5.41, 5.74) is 0.843. The Morgan fingerprint density at radius 1 is 1.00 bits per heavy atom. The highest BCUT2D eigenvalue weighted by Gasteiger charge is 2.41. The summed E-state index contributed by atoms with van der Waals surface area (Å²) in [6, 6.07) is 12.9. The molecule has 246 valence electrons. The Morgan fingerprint density at radius 2 is 1.64 bits per heavy atom. The number of hydrogen-bond acceptors (Lipinski definition) is 10. The first-order valence-corrected chi connectivity index (χ1v) is 16.8. The molecular formula is C32H42N2O10S. The van der Waals surface area contributed by atoms with E-state index in [0.717, 1.165) is 12.0 Å². The molecule has 12 nitrogen and oxygen atoms in total. The highest BCUT2D eigenvalue weighted by molar-refractivity contribution is 7.89. The van der Waals surface area contributed by atoms with Crippen LogP contribution in [0.1, 0.15) is 37.7 Å². The van der Waals surface area contributed by atoms with Crippen molar-refractivity contribution < 1.29 is 46.8 Å². The van der Waals surface area contributed by atoms with Gasteiger partial charge in [0.25, 0.3) is 0 Å². The quantitative estimate of drug-likeness (QED) is 0.293. The molecule has 2 aromatic rings. The zero-order valence-electron chi connectivity index (χ0n) is 25.6. The monoisotopic (exact) mass is 646 g/mol. The number of aliphatic hydroxyl groups is 1. The van der Waals surface area contributed by atoms with Gasteiger partial charge in [-0.3, -0.25) is 9.59 Å². The van der Waals surface area contributed by atoms with Crippen LogP contribution in [-0.4, -0.2) is 94.8 Å². The molecule has 3 aliphatic heterocycles. The maximum atomic E-state index is 13.9. The van der Waals surface area contributed by atoms with Gasteiger partial charge in [0.2, 0.25) is 15.9 Å². The van der Waals surface area contributed by atoms with E-state index in [9.17, 15) is 23.1 Å². The van der Waals surface area contributed by atoms with Crippen LogP contribution in [0.15, 0.2) is 53.4 Å². The van der Waals surface area contributed by atoms with Crippen LogP contribution in [0.5, 0.6) is 11.5 Å². The first-order valence-electron chi connectivity index (χ1n) is 15.3. The lowest BCUT2D eigenvalue weighted by molar-refractivity contribution is -0.195. The van der Waals surface area contributed by atoms with Crippen LogP contribution in [0, 0.1) is 11.8 Å². The normalized spacial score (nSPS) is 24.5. The van der Waals surface area contributed by atoms with Gasteiger partial charge in [-0.2, -0.15) is 4.31 Å². The fourth-order valence-corrected chi connectivity index (χ4v) is 7.70. The van der Waals surface area contributed by atoms with E-state index < -0.39 is 34.1 Å². The first kappa shape index (κ1) is 33.1. The number of rotatable bonds is 14. The summed E-state index contributed by atoms with van der Waals surface area (Å²) in [5, 5.41) is 14.5. The van der Waals surface area contributed by atoms with E-state index >= 15 is 0 Å². The van der Waals surface area contributed by atoms with E-state index in [1.54, 1.807) is 31.4 Å². The number of fused-ring (bicyclic) bond motifs is 1. The number of esters is 1. The summed E-state index contributed by atoms with van der Waals surface area (Å²) in [4.78, 5) is 25.3. The second-order valence-corrected chi connectivity index (χ2v) is 13.7. The molecule has 3 heterocycles. The lowest BCUT2D eigenvalue weighted by Crippen LogP contribution is -2.47. The fourth-order valence-electron chi connectivity index (χ4n) is 6.20. The van der Waals surface area contributed by atoms with Gasteiger partial charge in [-0.05, 0) is 61.2 Å². The van der Waals surface area contributed by atoms with Crippen LogP contribution in [0.4, 0.5) is 0 Å². The molecular weight excluding hydrogens is 604 g/mol. The summed E-state index contributed by atoms with van der Waals surface area (Å²) in [6.07, 6.45) is 0.262. The number of carbonyl (C=O) groups is 2. The molecule has 45 heavy (non-hydrogen) atoms. The Hall–Kier alpha value is -3.23. The van der Waals surface area contributed by atoms with Gasteiger partial charge in [0.15, 0.2) is 6.29 Å². The third-order valence-electron chi connectivity index (χ3n) is 8.75. The molecule has 5 rings (SSSR count). The van der Waals surface area contributed by atoms with Crippen molar-refractivity contribution in [2.45, 2.75) is 68.0 Å². The number of benzene rings is 2. The van der Waals surface area contributed by atoms with Crippen LogP contribution in [0.25, 0.3) is 0 Å². The van der Waals surface area contributed by atoms with Gasteiger partial charge >= 0.3 is 5.97 Å². The smallest absolute Gasteiger partial charge is 0.306 e. The van der Waals surface area contributed by atoms with Crippen LogP contribution in [0.2, 0.25) is 0 Å². The van der Waals surface area contributed by atoms with Crippen molar-refractivity contribution in [2.75, 3.05) is 40.5 Å². The third-order valence-corrected chi connectivity index (χ3v) is 10.6. The number of amides is 1. The molecule has 0 unspecified atom stereocenters. The number of carbonyl (C=O) groups excluding carboxylic acids is 2. The van der Waals surface area contributed by atoms with Crippen molar-refractivity contribution in [3.63, 3.8) is 0 Å². The number of aliphatic hydroxyl groups excluding tert-OH is 1. The number of nitrogens with one attached hydrogen (secondary N) is 1. The van der Waals surface area contributed by atoms with E-state index in [4.69, 9.17) is 23.7 Å². The SMILES string of the molecule is COc1ccc(C[C@H](CC(=O)O[C@H]2CCO[C@H]3OCC[C@H]32)[C@H](O)CN(C[C@H]2CCC(=O)N2)S(=O)(=O)c2ccc(OC)cc2)cc1. The Bertz CT molecular complexity index is 1400. The molecule has 0 saturated carbocycles. The van der Waals surface area contributed by atoms with Crippen LogP contribution >= 0.6 is 0 Å². The van der Waals surface area contributed by atoms with Crippen molar-refractivity contribution >= 4 is 21.9 Å². The average molecular weight is 647 g/mol. The molecule has 3 fully saturated rings. The highest BCUT2D eigenvalue weighted by atomic mass is 32.2. The van der Waals surface area contributed by atoms with Crippen LogP contribution in [0.3, 0.4) is 0 Å². The van der Waals surface area contributed by atoms with Crippen molar-refractivity contribution in [1.29, 1.82) is 0 Å². The lowest BCUT2D eigenvalue weighted by Gasteiger charge is -2.33. The standard InChI is InChI=1S/C32H42N2O10S/c1-40-24-6-3-21(4-7-24)17-22(18-31(37)44-29-14-16-43-32-27(29)13-15-42-32)28(35)20-34(19-23-5-12-30(36)33-23)45(38,39)26-10-8-25(41-2)9-11-26/h3-4,6-11,22-23,27-29,32,35H,5,12-20H2,1-2H3,(H,33,36)/t22-,23-,27+,28-,29+,32-/m1/s1. The van der Waals surface area contributed by atoms with E-state index in [0.29, 0.717) is 50.4 Å². The molecule has 6 atom stereocenters. The van der Waals surface area contributed by atoms with Crippen molar-refractivity contribution in [1.82, 2.24) is 9.62 Å². The maximum absolute atomic E-state index is 13.9. The highest BCUT2D eigenvalue weighted by Crippen LogP contribution is 2.33. The van der Waals surface area contributed by atoms with Gasteiger partial charge in [-0.25, -0.2) is 8.42 Å². The van der Waals surface area contributed by atoms with Crippen molar-refractivity contribution in [2.24, 2.45) is 11.8 Å². The summed E-state index contributed by atoms with van der Waals surface area (Å²) in [5.74, 6) is -0.170. The van der Waals surface area contributed by atoms with Gasteiger partial charge in [-0.1, -0.05) is 12.1 Å². The molecule has 0 spiro atoms. The number of nitrogens with zero attached hydrogens (tertiary/aromatic N) is 1. The second-order valence-electron chi connectivity index (χ2n) is 11.8. The third kappa shape index (κ3) is 8.33. The molecule has 3 saturated heterocycles. The Kier molecular flexibility index (Phi) is 11.0.